The van der Waals surface area contributed by atoms with Crippen LogP contribution in [-0.2, 0) is 11.2 Å². The van der Waals surface area contributed by atoms with Crippen LogP contribution in [0.15, 0.2) is 46.9 Å². The smallest absolute Gasteiger partial charge is 0.225 e. The average Bonchev–Trinajstić information content (AvgIpc) is 2.66. The van der Waals surface area contributed by atoms with Crippen molar-refractivity contribution in [2.45, 2.75) is 31.6 Å². The number of fused-ring (bicyclic) bond motifs is 1. The molecule has 2 aromatic rings. The lowest BCUT2D eigenvalue weighted by Gasteiger charge is -2.36. The summed E-state index contributed by atoms with van der Waals surface area (Å²) < 4.78 is 14.5. The highest BCUT2D eigenvalue weighted by atomic mass is 79.9. The maximum atomic E-state index is 13.5. The second-order valence-corrected chi connectivity index (χ2v) is 8.57. The van der Waals surface area contributed by atoms with Gasteiger partial charge in [0, 0.05) is 29.0 Å². The van der Waals surface area contributed by atoms with Crippen LogP contribution in [0, 0.1) is 11.7 Å². The molecule has 1 fully saturated rings. The van der Waals surface area contributed by atoms with Gasteiger partial charge < -0.3 is 10.2 Å². The van der Waals surface area contributed by atoms with Crippen molar-refractivity contribution < 1.29 is 9.18 Å². The number of nitrogens with one attached hydrogen (secondary N) is 1. The number of carbonyl (C=O) groups excluding carboxylic acids is 1. The summed E-state index contributed by atoms with van der Waals surface area (Å²) in [6.45, 7) is 3.01. The van der Waals surface area contributed by atoms with Gasteiger partial charge in [0.05, 0.1) is 0 Å². The fourth-order valence-electron chi connectivity index (χ4n) is 4.36. The van der Waals surface area contributed by atoms with Crippen LogP contribution in [0.25, 0.3) is 0 Å². The van der Waals surface area contributed by atoms with E-state index in [1.54, 1.807) is 12.1 Å². The first-order valence-corrected chi connectivity index (χ1v) is 10.4. The Balaban J connectivity index is 1.35. The van der Waals surface area contributed by atoms with E-state index >= 15 is 0 Å². The summed E-state index contributed by atoms with van der Waals surface area (Å²) in [6, 6.07) is 13.1. The summed E-state index contributed by atoms with van der Waals surface area (Å²) in [5.41, 5.74) is 3.28. The van der Waals surface area contributed by atoms with E-state index in [-0.39, 0.29) is 17.6 Å². The molecule has 5 heteroatoms. The molecular formula is C22H24BrFN2O. The third kappa shape index (κ3) is 4.41. The molecule has 0 aromatic heterocycles. The minimum Gasteiger partial charge on any atom is -0.326 e. The molecule has 1 saturated heterocycles. The Hall–Kier alpha value is -1.72. The van der Waals surface area contributed by atoms with E-state index in [1.807, 2.05) is 18.2 Å². The van der Waals surface area contributed by atoms with E-state index in [9.17, 15) is 9.18 Å². The second-order valence-electron chi connectivity index (χ2n) is 7.72. The standard InChI is InChI=1S/C22H24BrFN2O/c23-20-6-5-18(24)12-16(20)11-15-7-9-26(10-8-15)14-17-13-22(27)25-21-4-2-1-3-19(17)21/h1-6,12,15,17H,7-11,13-14H2,(H,25,27). The fourth-order valence-corrected chi connectivity index (χ4v) is 4.77. The van der Waals surface area contributed by atoms with Crippen LogP contribution in [0.5, 0.6) is 0 Å². The number of anilines is 1. The number of amides is 1. The molecule has 4 rings (SSSR count). The highest BCUT2D eigenvalue weighted by Gasteiger charge is 2.28. The molecule has 27 heavy (non-hydrogen) atoms. The Kier molecular flexibility index (Phi) is 5.60. The number of carbonyl (C=O) groups is 1. The summed E-state index contributed by atoms with van der Waals surface area (Å²) in [4.78, 5) is 14.5. The van der Waals surface area contributed by atoms with Crippen LogP contribution in [-0.4, -0.2) is 30.4 Å². The van der Waals surface area contributed by atoms with Gasteiger partial charge in [0.15, 0.2) is 0 Å². The summed E-state index contributed by atoms with van der Waals surface area (Å²) in [5.74, 6) is 0.801. The first kappa shape index (κ1) is 18.6. The molecule has 1 N–H and O–H groups in total. The lowest BCUT2D eigenvalue weighted by Crippen LogP contribution is -2.39. The van der Waals surface area contributed by atoms with Gasteiger partial charge in [-0.2, -0.15) is 0 Å². The average molecular weight is 431 g/mol. The van der Waals surface area contributed by atoms with Gasteiger partial charge in [-0.3, -0.25) is 4.79 Å². The molecule has 1 amide bonds. The van der Waals surface area contributed by atoms with Crippen LogP contribution in [0.4, 0.5) is 10.1 Å². The second kappa shape index (κ2) is 8.11. The zero-order chi connectivity index (χ0) is 18.8. The maximum absolute atomic E-state index is 13.5. The minimum absolute atomic E-state index is 0.115. The molecular weight excluding hydrogens is 407 g/mol. The van der Waals surface area contributed by atoms with Crippen molar-refractivity contribution in [3.63, 3.8) is 0 Å². The number of nitrogens with zero attached hydrogens (tertiary/aromatic N) is 1. The molecule has 2 aliphatic heterocycles. The molecule has 0 saturated carbocycles. The van der Waals surface area contributed by atoms with Gasteiger partial charge in [-0.05, 0) is 73.7 Å². The predicted octanol–water partition coefficient (Wildman–Crippen LogP) is 4.97. The van der Waals surface area contributed by atoms with Crippen molar-refractivity contribution in [2.24, 2.45) is 5.92 Å². The van der Waals surface area contributed by atoms with Gasteiger partial charge in [-0.1, -0.05) is 34.1 Å². The number of halogens is 2. The third-order valence-electron chi connectivity index (χ3n) is 5.81. The fraction of sp³-hybridized carbons (Fsp3) is 0.409. The highest BCUT2D eigenvalue weighted by molar-refractivity contribution is 9.10. The summed E-state index contributed by atoms with van der Waals surface area (Å²) in [7, 11) is 0. The number of benzene rings is 2. The third-order valence-corrected chi connectivity index (χ3v) is 6.58. The number of rotatable bonds is 4. The van der Waals surface area contributed by atoms with E-state index in [0.717, 1.165) is 54.6 Å². The molecule has 2 aromatic carbocycles. The minimum atomic E-state index is -0.167. The van der Waals surface area contributed by atoms with Gasteiger partial charge in [0.2, 0.25) is 5.91 Å². The van der Waals surface area contributed by atoms with Crippen LogP contribution < -0.4 is 5.32 Å². The normalized spacial score (nSPS) is 21.0. The number of hydrogen-bond donors (Lipinski definition) is 1. The maximum Gasteiger partial charge on any atom is 0.225 e. The van der Waals surface area contributed by atoms with Crippen molar-refractivity contribution in [2.75, 3.05) is 25.0 Å². The predicted molar refractivity (Wildman–Crippen MR) is 109 cm³/mol. The van der Waals surface area contributed by atoms with Crippen molar-refractivity contribution >= 4 is 27.5 Å². The molecule has 1 unspecified atom stereocenters. The molecule has 2 aliphatic rings. The topological polar surface area (TPSA) is 32.3 Å². The largest absolute Gasteiger partial charge is 0.326 e. The van der Waals surface area contributed by atoms with Gasteiger partial charge in [-0.15, -0.1) is 0 Å². The van der Waals surface area contributed by atoms with Crippen molar-refractivity contribution in [3.05, 3.63) is 63.9 Å². The van der Waals surface area contributed by atoms with Gasteiger partial charge in [0.1, 0.15) is 5.82 Å². The SMILES string of the molecule is O=C1CC(CN2CCC(Cc3cc(F)ccc3Br)CC2)c2ccccc2N1. The molecule has 0 spiro atoms. The number of piperidine rings is 1. The molecule has 0 radical (unpaired) electrons. The van der Waals surface area contributed by atoms with Crippen molar-refractivity contribution in [1.82, 2.24) is 4.90 Å². The molecule has 142 valence electrons. The Bertz CT molecular complexity index is 833. The first-order chi connectivity index (χ1) is 13.1. The molecule has 2 heterocycles. The molecule has 0 bridgehead atoms. The van der Waals surface area contributed by atoms with Gasteiger partial charge in [0.25, 0.3) is 0 Å². The molecule has 3 nitrogen and oxygen atoms in total. The van der Waals surface area contributed by atoms with Crippen LogP contribution in [0.1, 0.15) is 36.3 Å². The summed E-state index contributed by atoms with van der Waals surface area (Å²) in [6.07, 6.45) is 3.71. The Morgan fingerprint density at radius 1 is 1.15 bits per heavy atom. The number of para-hydroxylation sites is 1. The zero-order valence-electron chi connectivity index (χ0n) is 15.3. The summed E-state index contributed by atoms with van der Waals surface area (Å²) >= 11 is 3.54. The number of likely N-dealkylation sites (tertiary alicyclic amines) is 1. The lowest BCUT2D eigenvalue weighted by atomic mass is 9.87. The van der Waals surface area contributed by atoms with Crippen molar-refractivity contribution in [1.29, 1.82) is 0 Å². The van der Waals surface area contributed by atoms with Crippen LogP contribution >= 0.6 is 15.9 Å². The molecule has 1 atom stereocenters. The Morgan fingerprint density at radius 2 is 1.93 bits per heavy atom. The van der Waals surface area contributed by atoms with E-state index in [4.69, 9.17) is 0 Å². The van der Waals surface area contributed by atoms with Gasteiger partial charge >= 0.3 is 0 Å². The van der Waals surface area contributed by atoms with E-state index < -0.39 is 0 Å². The van der Waals surface area contributed by atoms with Gasteiger partial charge in [-0.25, -0.2) is 4.39 Å². The zero-order valence-corrected chi connectivity index (χ0v) is 16.8. The Labute approximate surface area is 168 Å². The van der Waals surface area contributed by atoms with E-state index in [2.05, 4.69) is 32.2 Å². The first-order valence-electron chi connectivity index (χ1n) is 9.63. The lowest BCUT2D eigenvalue weighted by molar-refractivity contribution is -0.117. The summed E-state index contributed by atoms with van der Waals surface area (Å²) in [5, 5.41) is 2.98. The van der Waals surface area contributed by atoms with E-state index in [1.165, 1.54) is 11.6 Å². The monoisotopic (exact) mass is 430 g/mol. The van der Waals surface area contributed by atoms with E-state index in [0.29, 0.717) is 12.3 Å². The van der Waals surface area contributed by atoms with Crippen LogP contribution in [0.3, 0.4) is 0 Å². The number of hydrogen-bond acceptors (Lipinski definition) is 2. The molecule has 0 aliphatic carbocycles. The quantitative estimate of drug-likeness (QED) is 0.742. The Morgan fingerprint density at radius 3 is 2.74 bits per heavy atom. The van der Waals surface area contributed by atoms with Crippen LogP contribution in [0.2, 0.25) is 0 Å². The highest BCUT2D eigenvalue weighted by Crippen LogP contribution is 2.34. The van der Waals surface area contributed by atoms with Crippen molar-refractivity contribution in [3.8, 4) is 0 Å².